The summed E-state index contributed by atoms with van der Waals surface area (Å²) in [5.41, 5.74) is 0.597. The average Bonchev–Trinajstić information content (AvgIpc) is 3.11. The van der Waals surface area contributed by atoms with Crippen LogP contribution in [0, 0.1) is 17.3 Å². The summed E-state index contributed by atoms with van der Waals surface area (Å²) in [6.45, 7) is 6.24. The molecule has 0 radical (unpaired) electrons. The Kier molecular flexibility index (Phi) is 5.44. The van der Waals surface area contributed by atoms with E-state index in [9.17, 15) is 0 Å². The largest absolute Gasteiger partial charge is 0.314 e. The minimum atomic E-state index is 0.597. The summed E-state index contributed by atoms with van der Waals surface area (Å²) in [5, 5.41) is 3.77. The fourth-order valence-electron chi connectivity index (χ4n) is 3.49. The molecule has 2 aliphatic rings. The Labute approximate surface area is 118 Å². The Bertz CT molecular complexity index is 245. The van der Waals surface area contributed by atoms with Crippen molar-refractivity contribution in [1.29, 1.82) is 0 Å². The maximum absolute atomic E-state index is 3.77. The number of thioether (sulfide) groups is 1. The van der Waals surface area contributed by atoms with Crippen molar-refractivity contribution in [3.8, 4) is 0 Å². The van der Waals surface area contributed by atoms with Gasteiger partial charge < -0.3 is 5.32 Å². The van der Waals surface area contributed by atoms with E-state index in [4.69, 9.17) is 0 Å². The van der Waals surface area contributed by atoms with E-state index < -0.39 is 0 Å². The van der Waals surface area contributed by atoms with Crippen LogP contribution in [0.15, 0.2) is 0 Å². The molecule has 0 spiro atoms. The number of hydrogen-bond acceptors (Lipinski definition) is 2. The molecule has 2 rings (SSSR count). The van der Waals surface area contributed by atoms with Crippen LogP contribution in [0.1, 0.15) is 58.8 Å². The Balaban J connectivity index is 1.79. The van der Waals surface area contributed by atoms with E-state index in [2.05, 4.69) is 25.4 Å². The van der Waals surface area contributed by atoms with Gasteiger partial charge in [0.05, 0.1) is 0 Å². The molecule has 2 heteroatoms. The minimum absolute atomic E-state index is 0.597. The van der Waals surface area contributed by atoms with Crippen molar-refractivity contribution >= 4 is 11.8 Å². The summed E-state index contributed by atoms with van der Waals surface area (Å²) in [5.74, 6) is 3.28. The third-order valence-electron chi connectivity index (χ3n) is 4.84. The molecule has 0 aliphatic heterocycles. The quantitative estimate of drug-likeness (QED) is 0.691. The van der Waals surface area contributed by atoms with Crippen molar-refractivity contribution < 1.29 is 0 Å². The van der Waals surface area contributed by atoms with Gasteiger partial charge in [-0.2, -0.15) is 11.8 Å². The molecule has 18 heavy (non-hydrogen) atoms. The monoisotopic (exact) mass is 269 g/mol. The van der Waals surface area contributed by atoms with Gasteiger partial charge in [0.15, 0.2) is 0 Å². The van der Waals surface area contributed by atoms with Crippen LogP contribution in [0.25, 0.3) is 0 Å². The smallest absolute Gasteiger partial charge is 0.00683 e. The van der Waals surface area contributed by atoms with Crippen LogP contribution < -0.4 is 5.32 Å². The van der Waals surface area contributed by atoms with Crippen molar-refractivity contribution in [3.05, 3.63) is 0 Å². The lowest BCUT2D eigenvalue weighted by molar-refractivity contribution is 0.109. The first-order valence-electron chi connectivity index (χ1n) is 7.83. The van der Waals surface area contributed by atoms with Gasteiger partial charge in [0.1, 0.15) is 0 Å². The summed E-state index contributed by atoms with van der Waals surface area (Å²) in [6.07, 6.45) is 12.3. The molecule has 0 heterocycles. The second kappa shape index (κ2) is 6.65. The van der Waals surface area contributed by atoms with E-state index in [-0.39, 0.29) is 0 Å². The molecular weight excluding hydrogens is 238 g/mol. The molecule has 2 saturated carbocycles. The molecule has 2 atom stereocenters. The van der Waals surface area contributed by atoms with Crippen LogP contribution in [-0.4, -0.2) is 24.6 Å². The lowest BCUT2D eigenvalue weighted by Gasteiger charge is -2.41. The van der Waals surface area contributed by atoms with E-state index in [1.807, 2.05) is 11.8 Å². The van der Waals surface area contributed by atoms with Gasteiger partial charge in [0.25, 0.3) is 0 Å². The second-order valence-electron chi connectivity index (χ2n) is 7.24. The van der Waals surface area contributed by atoms with Crippen LogP contribution in [0.5, 0.6) is 0 Å². The molecule has 0 saturated heterocycles. The molecule has 0 aromatic heterocycles. The predicted molar refractivity (Wildman–Crippen MR) is 83.3 cm³/mol. The third kappa shape index (κ3) is 4.77. The van der Waals surface area contributed by atoms with Crippen LogP contribution in [0.3, 0.4) is 0 Å². The molecule has 2 aliphatic carbocycles. The van der Waals surface area contributed by atoms with E-state index in [0.29, 0.717) is 5.41 Å². The van der Waals surface area contributed by atoms with E-state index in [1.165, 1.54) is 57.2 Å². The zero-order valence-corrected chi connectivity index (χ0v) is 13.3. The molecule has 2 unspecified atom stereocenters. The highest BCUT2D eigenvalue weighted by molar-refractivity contribution is 7.98. The molecular formula is C16H31NS. The molecule has 2 fully saturated rings. The number of nitrogens with one attached hydrogen (secondary N) is 1. The summed E-state index contributed by atoms with van der Waals surface area (Å²) < 4.78 is 0. The molecule has 1 N–H and O–H groups in total. The lowest BCUT2D eigenvalue weighted by Crippen LogP contribution is -2.36. The fraction of sp³-hybridized carbons (Fsp3) is 1.00. The van der Waals surface area contributed by atoms with E-state index in [1.54, 1.807) is 0 Å². The first-order chi connectivity index (χ1) is 8.61. The highest BCUT2D eigenvalue weighted by atomic mass is 32.2. The van der Waals surface area contributed by atoms with Gasteiger partial charge in [-0.15, -0.1) is 0 Å². The fourth-order valence-corrected chi connectivity index (χ4v) is 3.95. The molecule has 0 amide bonds. The number of hydrogen-bond donors (Lipinski definition) is 1. The average molecular weight is 269 g/mol. The van der Waals surface area contributed by atoms with Crippen LogP contribution >= 0.6 is 11.8 Å². The predicted octanol–water partition coefficient (Wildman–Crippen LogP) is 4.32. The molecule has 0 bridgehead atoms. The van der Waals surface area contributed by atoms with Gasteiger partial charge in [-0.25, -0.2) is 0 Å². The summed E-state index contributed by atoms with van der Waals surface area (Å²) in [4.78, 5) is 0. The maximum Gasteiger partial charge on any atom is 0.00683 e. The van der Waals surface area contributed by atoms with Crippen molar-refractivity contribution in [3.63, 3.8) is 0 Å². The highest BCUT2D eigenvalue weighted by Crippen LogP contribution is 2.43. The Morgan fingerprint density at radius 2 is 1.94 bits per heavy atom. The van der Waals surface area contributed by atoms with Gasteiger partial charge >= 0.3 is 0 Å². The Morgan fingerprint density at radius 1 is 1.17 bits per heavy atom. The maximum atomic E-state index is 3.77. The first-order valence-corrected chi connectivity index (χ1v) is 9.22. The van der Waals surface area contributed by atoms with Gasteiger partial charge in [-0.05, 0) is 80.7 Å². The third-order valence-corrected chi connectivity index (χ3v) is 5.54. The minimum Gasteiger partial charge on any atom is -0.314 e. The Morgan fingerprint density at radius 3 is 2.61 bits per heavy atom. The molecule has 0 aromatic rings. The summed E-state index contributed by atoms with van der Waals surface area (Å²) >= 11 is 2.00. The summed E-state index contributed by atoms with van der Waals surface area (Å²) in [7, 11) is 0. The van der Waals surface area contributed by atoms with Crippen LogP contribution in [0.2, 0.25) is 0 Å². The van der Waals surface area contributed by atoms with Crippen molar-refractivity contribution in [2.45, 2.75) is 64.8 Å². The lowest BCUT2D eigenvalue weighted by atomic mass is 9.66. The second-order valence-corrected chi connectivity index (χ2v) is 8.23. The topological polar surface area (TPSA) is 12.0 Å². The van der Waals surface area contributed by atoms with Crippen LogP contribution in [0.4, 0.5) is 0 Å². The van der Waals surface area contributed by atoms with Crippen molar-refractivity contribution in [2.75, 3.05) is 18.6 Å². The van der Waals surface area contributed by atoms with Crippen LogP contribution in [-0.2, 0) is 0 Å². The van der Waals surface area contributed by atoms with E-state index in [0.717, 1.165) is 17.9 Å². The van der Waals surface area contributed by atoms with Crippen molar-refractivity contribution in [1.82, 2.24) is 5.32 Å². The molecule has 0 aromatic carbocycles. The zero-order chi connectivity index (χ0) is 13.0. The summed E-state index contributed by atoms with van der Waals surface area (Å²) in [6, 6.07) is 0.881. The Hall–Kier alpha value is 0.310. The van der Waals surface area contributed by atoms with Gasteiger partial charge in [-0.1, -0.05) is 13.8 Å². The highest BCUT2D eigenvalue weighted by Gasteiger charge is 2.35. The van der Waals surface area contributed by atoms with Gasteiger partial charge in [-0.3, -0.25) is 0 Å². The normalized spacial score (nSPS) is 31.5. The van der Waals surface area contributed by atoms with E-state index >= 15 is 0 Å². The first kappa shape index (κ1) is 14.7. The van der Waals surface area contributed by atoms with Crippen molar-refractivity contribution in [2.24, 2.45) is 17.3 Å². The SMILES string of the molecule is CSCCCC1CC(C)(C)CCC1CNC1CC1. The van der Waals surface area contributed by atoms with Gasteiger partial charge in [0.2, 0.25) is 0 Å². The zero-order valence-electron chi connectivity index (χ0n) is 12.5. The standard InChI is InChI=1S/C16H31NS/c1-16(2)9-8-14(12-17-15-6-7-15)13(11-16)5-4-10-18-3/h13-15,17H,4-12H2,1-3H3. The molecule has 106 valence electrons. The van der Waals surface area contributed by atoms with Gasteiger partial charge in [0, 0.05) is 6.04 Å². The molecule has 1 nitrogen and oxygen atoms in total. The number of rotatable bonds is 7.